The number of carbonyl (C=O) groups excluding carboxylic acids is 2. The molecule has 1 rings (SSSR count). The molecular formula is C16H28O7. The molecule has 7 heteroatoms. The highest BCUT2D eigenvalue weighted by atomic mass is 16.7. The SMILES string of the molecule is CC1(C(CO)(CO)CO)OC(=O)CCCCCCCCC(=O)O1. The maximum absolute atomic E-state index is 12.0. The maximum atomic E-state index is 12.0. The van der Waals surface area contributed by atoms with Crippen LogP contribution in [0.5, 0.6) is 0 Å². The van der Waals surface area contributed by atoms with Crippen molar-refractivity contribution in [3.05, 3.63) is 0 Å². The van der Waals surface area contributed by atoms with Crippen molar-refractivity contribution in [3.8, 4) is 0 Å². The zero-order valence-electron chi connectivity index (χ0n) is 13.8. The highest BCUT2D eigenvalue weighted by molar-refractivity contribution is 5.72. The average Bonchev–Trinajstić information content (AvgIpc) is 2.52. The Morgan fingerprint density at radius 1 is 0.826 bits per heavy atom. The molecule has 0 aliphatic carbocycles. The molecule has 0 unspecified atom stereocenters. The Morgan fingerprint density at radius 3 is 1.52 bits per heavy atom. The van der Waals surface area contributed by atoms with Gasteiger partial charge in [-0.2, -0.15) is 0 Å². The number of aliphatic hydroxyl groups excluding tert-OH is 3. The van der Waals surface area contributed by atoms with E-state index in [2.05, 4.69) is 0 Å². The van der Waals surface area contributed by atoms with Gasteiger partial charge in [-0.1, -0.05) is 25.7 Å². The molecule has 3 N–H and O–H groups in total. The Hall–Kier alpha value is -1.18. The lowest BCUT2D eigenvalue weighted by atomic mass is 9.81. The fourth-order valence-corrected chi connectivity index (χ4v) is 2.60. The van der Waals surface area contributed by atoms with Crippen LogP contribution in [-0.2, 0) is 19.1 Å². The maximum Gasteiger partial charge on any atom is 0.309 e. The monoisotopic (exact) mass is 332 g/mol. The van der Waals surface area contributed by atoms with Crippen molar-refractivity contribution in [3.63, 3.8) is 0 Å². The van der Waals surface area contributed by atoms with Crippen molar-refractivity contribution in [2.24, 2.45) is 5.41 Å². The molecule has 134 valence electrons. The Balaban J connectivity index is 3.03. The number of cyclic esters (lactones) is 2. The summed E-state index contributed by atoms with van der Waals surface area (Å²) in [5, 5.41) is 28.8. The third kappa shape index (κ3) is 5.16. The predicted octanol–water partition coefficient (Wildman–Crippen LogP) is 0.887. The van der Waals surface area contributed by atoms with Crippen LogP contribution in [0.3, 0.4) is 0 Å². The van der Waals surface area contributed by atoms with Gasteiger partial charge < -0.3 is 24.8 Å². The van der Waals surface area contributed by atoms with Crippen molar-refractivity contribution in [1.29, 1.82) is 0 Å². The number of hydrogen-bond acceptors (Lipinski definition) is 7. The van der Waals surface area contributed by atoms with Crippen LogP contribution in [0.15, 0.2) is 0 Å². The molecule has 1 heterocycles. The first kappa shape index (κ1) is 19.9. The summed E-state index contributed by atoms with van der Waals surface area (Å²) in [6.45, 7) is -0.795. The van der Waals surface area contributed by atoms with E-state index >= 15 is 0 Å². The Labute approximate surface area is 136 Å². The smallest absolute Gasteiger partial charge is 0.309 e. The summed E-state index contributed by atoms with van der Waals surface area (Å²) < 4.78 is 10.6. The lowest BCUT2D eigenvalue weighted by molar-refractivity contribution is -0.284. The molecule has 1 aliphatic heterocycles. The highest BCUT2D eigenvalue weighted by Crippen LogP contribution is 2.36. The van der Waals surface area contributed by atoms with Crippen LogP contribution in [0.1, 0.15) is 58.3 Å². The minimum Gasteiger partial charge on any atom is -0.422 e. The van der Waals surface area contributed by atoms with Gasteiger partial charge in [0.15, 0.2) is 0 Å². The Bertz CT molecular complexity index is 358. The second-order valence-electron chi connectivity index (χ2n) is 6.27. The number of rotatable bonds is 4. The van der Waals surface area contributed by atoms with Crippen LogP contribution in [-0.4, -0.2) is 52.9 Å². The summed E-state index contributed by atoms with van der Waals surface area (Å²) in [4.78, 5) is 24.1. The standard InChI is InChI=1S/C16H28O7/c1-15(16(10-17,11-18)12-19)22-13(20)8-6-4-2-3-5-7-9-14(21)23-15/h17-19H,2-12H2,1H3. The fourth-order valence-electron chi connectivity index (χ4n) is 2.60. The van der Waals surface area contributed by atoms with Crippen LogP contribution in [0.2, 0.25) is 0 Å². The molecule has 0 radical (unpaired) electrons. The molecular weight excluding hydrogens is 304 g/mol. The van der Waals surface area contributed by atoms with Gasteiger partial charge in [0.25, 0.3) is 5.79 Å². The normalized spacial score (nSPS) is 21.4. The molecule has 1 fully saturated rings. The average molecular weight is 332 g/mol. The van der Waals surface area contributed by atoms with Crippen LogP contribution < -0.4 is 0 Å². The second kappa shape index (κ2) is 9.20. The molecule has 0 spiro atoms. The van der Waals surface area contributed by atoms with Gasteiger partial charge in [-0.05, 0) is 12.8 Å². The van der Waals surface area contributed by atoms with E-state index < -0.39 is 43.0 Å². The van der Waals surface area contributed by atoms with Gasteiger partial charge in [0.1, 0.15) is 5.41 Å². The molecule has 0 aromatic carbocycles. The largest absolute Gasteiger partial charge is 0.422 e. The minimum atomic E-state index is -1.92. The zero-order valence-corrected chi connectivity index (χ0v) is 13.8. The number of esters is 2. The van der Waals surface area contributed by atoms with Crippen molar-refractivity contribution >= 4 is 11.9 Å². The first-order valence-electron chi connectivity index (χ1n) is 8.19. The Morgan fingerprint density at radius 2 is 1.17 bits per heavy atom. The summed E-state index contributed by atoms with van der Waals surface area (Å²) in [6.07, 6.45) is 5.41. The van der Waals surface area contributed by atoms with Gasteiger partial charge in [-0.3, -0.25) is 9.59 Å². The molecule has 1 saturated heterocycles. The lowest BCUT2D eigenvalue weighted by Gasteiger charge is -2.43. The molecule has 0 amide bonds. The van der Waals surface area contributed by atoms with Gasteiger partial charge >= 0.3 is 11.9 Å². The van der Waals surface area contributed by atoms with E-state index in [1.165, 1.54) is 6.92 Å². The minimum absolute atomic E-state index is 0.158. The highest BCUT2D eigenvalue weighted by Gasteiger charge is 2.54. The molecule has 1 aliphatic rings. The van der Waals surface area contributed by atoms with Crippen LogP contribution in [0, 0.1) is 5.41 Å². The van der Waals surface area contributed by atoms with E-state index in [1.54, 1.807) is 0 Å². The van der Waals surface area contributed by atoms with Crippen LogP contribution in [0.25, 0.3) is 0 Å². The lowest BCUT2D eigenvalue weighted by Crippen LogP contribution is -2.58. The Kier molecular flexibility index (Phi) is 7.94. The third-order valence-corrected chi connectivity index (χ3v) is 4.50. The first-order chi connectivity index (χ1) is 10.9. The molecule has 0 aromatic heterocycles. The molecule has 0 atom stereocenters. The van der Waals surface area contributed by atoms with E-state index in [9.17, 15) is 24.9 Å². The van der Waals surface area contributed by atoms with Gasteiger partial charge in [-0.25, -0.2) is 0 Å². The van der Waals surface area contributed by atoms with E-state index in [0.29, 0.717) is 12.8 Å². The summed E-state index contributed by atoms with van der Waals surface area (Å²) in [7, 11) is 0. The van der Waals surface area contributed by atoms with Gasteiger partial charge in [0.2, 0.25) is 0 Å². The summed E-state index contributed by atoms with van der Waals surface area (Å²) >= 11 is 0. The molecule has 0 saturated carbocycles. The van der Waals surface area contributed by atoms with Gasteiger partial charge in [0.05, 0.1) is 19.8 Å². The molecule has 7 nitrogen and oxygen atoms in total. The number of carbonyl (C=O) groups is 2. The van der Waals surface area contributed by atoms with Crippen molar-refractivity contribution < 1.29 is 34.4 Å². The fraction of sp³-hybridized carbons (Fsp3) is 0.875. The van der Waals surface area contributed by atoms with E-state index in [-0.39, 0.29) is 12.8 Å². The summed E-state index contributed by atoms with van der Waals surface area (Å²) in [5.74, 6) is -3.09. The number of hydrogen-bond donors (Lipinski definition) is 3. The quantitative estimate of drug-likeness (QED) is 0.655. The third-order valence-electron chi connectivity index (χ3n) is 4.50. The van der Waals surface area contributed by atoms with Crippen molar-refractivity contribution in [1.82, 2.24) is 0 Å². The van der Waals surface area contributed by atoms with E-state index in [4.69, 9.17) is 9.47 Å². The second-order valence-corrected chi connectivity index (χ2v) is 6.27. The van der Waals surface area contributed by atoms with Crippen LogP contribution >= 0.6 is 0 Å². The molecule has 0 bridgehead atoms. The van der Waals surface area contributed by atoms with Crippen molar-refractivity contribution in [2.75, 3.05) is 19.8 Å². The van der Waals surface area contributed by atoms with Crippen molar-refractivity contribution in [2.45, 2.75) is 64.1 Å². The number of ether oxygens (including phenoxy) is 2. The van der Waals surface area contributed by atoms with E-state index in [0.717, 1.165) is 25.7 Å². The topological polar surface area (TPSA) is 113 Å². The molecule has 23 heavy (non-hydrogen) atoms. The van der Waals surface area contributed by atoms with E-state index in [1.807, 2.05) is 0 Å². The summed E-state index contributed by atoms with van der Waals surface area (Å²) in [6, 6.07) is 0. The summed E-state index contributed by atoms with van der Waals surface area (Å²) in [5.41, 5.74) is -1.67. The van der Waals surface area contributed by atoms with Gasteiger partial charge in [-0.15, -0.1) is 0 Å². The molecule has 0 aromatic rings. The van der Waals surface area contributed by atoms with Gasteiger partial charge in [0, 0.05) is 19.8 Å². The zero-order chi connectivity index (χ0) is 17.3. The first-order valence-corrected chi connectivity index (χ1v) is 8.19. The van der Waals surface area contributed by atoms with Crippen LogP contribution in [0.4, 0.5) is 0 Å². The number of aliphatic hydroxyl groups is 3. The predicted molar refractivity (Wildman–Crippen MR) is 81.2 cm³/mol.